The van der Waals surface area contributed by atoms with Gasteiger partial charge in [-0.15, -0.1) is 0 Å². The Morgan fingerprint density at radius 3 is 2.47 bits per heavy atom. The Morgan fingerprint density at radius 2 is 1.94 bits per heavy atom. The van der Waals surface area contributed by atoms with E-state index in [9.17, 15) is 9.59 Å². The maximum absolute atomic E-state index is 11.4. The van der Waals surface area contributed by atoms with Gasteiger partial charge in [0.15, 0.2) is 0 Å². The summed E-state index contributed by atoms with van der Waals surface area (Å²) < 4.78 is 0. The molecule has 4 nitrogen and oxygen atoms in total. The quantitative estimate of drug-likeness (QED) is 0.713. The first kappa shape index (κ1) is 14.2. The molecule has 0 bridgehead atoms. The molecule has 0 spiro atoms. The van der Waals surface area contributed by atoms with E-state index in [1.807, 2.05) is 0 Å². The maximum atomic E-state index is 11.4. The SMILES string of the molecule is CCCCN1CCC(NC(=O)CC(C)=O)CC1. The highest BCUT2D eigenvalue weighted by Crippen LogP contribution is 2.11. The van der Waals surface area contributed by atoms with Gasteiger partial charge in [0, 0.05) is 19.1 Å². The second kappa shape index (κ2) is 7.43. The summed E-state index contributed by atoms with van der Waals surface area (Å²) in [6.07, 6.45) is 4.52. The fourth-order valence-electron chi connectivity index (χ4n) is 2.19. The summed E-state index contributed by atoms with van der Waals surface area (Å²) >= 11 is 0. The minimum Gasteiger partial charge on any atom is -0.353 e. The lowest BCUT2D eigenvalue weighted by Crippen LogP contribution is -2.45. The van der Waals surface area contributed by atoms with Crippen LogP contribution in [-0.4, -0.2) is 42.3 Å². The minimum absolute atomic E-state index is 0.0239. The Morgan fingerprint density at radius 1 is 1.29 bits per heavy atom. The molecular formula is C13H24N2O2. The summed E-state index contributed by atoms with van der Waals surface area (Å²) in [7, 11) is 0. The van der Waals surface area contributed by atoms with Crippen molar-refractivity contribution in [2.75, 3.05) is 19.6 Å². The number of amides is 1. The number of carbonyl (C=O) groups is 2. The van der Waals surface area contributed by atoms with Crippen molar-refractivity contribution in [1.29, 1.82) is 0 Å². The third-order valence-corrected chi connectivity index (χ3v) is 3.19. The van der Waals surface area contributed by atoms with Crippen molar-refractivity contribution in [3.05, 3.63) is 0 Å². The predicted molar refractivity (Wildman–Crippen MR) is 67.8 cm³/mol. The van der Waals surface area contributed by atoms with Crippen LogP contribution in [0, 0.1) is 0 Å². The summed E-state index contributed by atoms with van der Waals surface area (Å²) in [4.78, 5) is 24.7. The van der Waals surface area contributed by atoms with Gasteiger partial charge < -0.3 is 10.2 Å². The summed E-state index contributed by atoms with van der Waals surface area (Å²) in [6, 6.07) is 0.264. The summed E-state index contributed by atoms with van der Waals surface area (Å²) in [5, 5.41) is 2.94. The zero-order chi connectivity index (χ0) is 12.7. The van der Waals surface area contributed by atoms with Crippen LogP contribution < -0.4 is 5.32 Å². The van der Waals surface area contributed by atoms with Crippen LogP contribution in [0.5, 0.6) is 0 Å². The number of nitrogens with zero attached hydrogens (tertiary/aromatic N) is 1. The molecule has 1 N–H and O–H groups in total. The number of hydrogen-bond acceptors (Lipinski definition) is 3. The first-order valence-corrected chi connectivity index (χ1v) is 6.63. The number of likely N-dealkylation sites (tertiary alicyclic amines) is 1. The number of unbranched alkanes of at least 4 members (excludes halogenated alkanes) is 1. The van der Waals surface area contributed by atoms with E-state index in [0.29, 0.717) is 0 Å². The smallest absolute Gasteiger partial charge is 0.227 e. The Balaban J connectivity index is 2.18. The fourth-order valence-corrected chi connectivity index (χ4v) is 2.19. The van der Waals surface area contributed by atoms with Gasteiger partial charge in [0.2, 0.25) is 5.91 Å². The molecule has 1 heterocycles. The van der Waals surface area contributed by atoms with Crippen LogP contribution in [0.1, 0.15) is 46.0 Å². The number of hydrogen-bond donors (Lipinski definition) is 1. The Hall–Kier alpha value is -0.900. The van der Waals surface area contributed by atoms with Gasteiger partial charge in [-0.3, -0.25) is 9.59 Å². The van der Waals surface area contributed by atoms with Crippen molar-refractivity contribution in [3.63, 3.8) is 0 Å². The Labute approximate surface area is 104 Å². The van der Waals surface area contributed by atoms with E-state index in [0.717, 1.165) is 25.9 Å². The zero-order valence-corrected chi connectivity index (χ0v) is 11.0. The van der Waals surface area contributed by atoms with Crippen molar-refractivity contribution >= 4 is 11.7 Å². The van der Waals surface area contributed by atoms with Gasteiger partial charge in [0.1, 0.15) is 5.78 Å². The first-order chi connectivity index (χ1) is 8.11. The summed E-state index contributed by atoms with van der Waals surface area (Å²) in [6.45, 7) is 6.95. The second-order valence-electron chi connectivity index (χ2n) is 4.92. The summed E-state index contributed by atoms with van der Waals surface area (Å²) in [5.41, 5.74) is 0. The van der Waals surface area contributed by atoms with E-state index in [1.165, 1.54) is 26.3 Å². The topological polar surface area (TPSA) is 49.4 Å². The van der Waals surface area contributed by atoms with Gasteiger partial charge in [-0.1, -0.05) is 13.3 Å². The molecule has 0 aliphatic carbocycles. The highest BCUT2D eigenvalue weighted by molar-refractivity contribution is 5.96. The molecule has 0 unspecified atom stereocenters. The first-order valence-electron chi connectivity index (χ1n) is 6.63. The van der Waals surface area contributed by atoms with Gasteiger partial charge in [-0.25, -0.2) is 0 Å². The van der Waals surface area contributed by atoms with Crippen LogP contribution in [0.4, 0.5) is 0 Å². The van der Waals surface area contributed by atoms with Crippen LogP contribution in [0.25, 0.3) is 0 Å². The maximum Gasteiger partial charge on any atom is 0.227 e. The van der Waals surface area contributed by atoms with Crippen molar-refractivity contribution in [2.24, 2.45) is 0 Å². The normalized spacial score (nSPS) is 18.0. The highest BCUT2D eigenvalue weighted by Gasteiger charge is 2.20. The lowest BCUT2D eigenvalue weighted by Gasteiger charge is -2.32. The molecule has 4 heteroatoms. The van der Waals surface area contributed by atoms with E-state index in [-0.39, 0.29) is 24.2 Å². The van der Waals surface area contributed by atoms with Crippen LogP contribution in [0.3, 0.4) is 0 Å². The second-order valence-corrected chi connectivity index (χ2v) is 4.92. The molecule has 1 saturated heterocycles. The van der Waals surface area contributed by atoms with Gasteiger partial charge >= 0.3 is 0 Å². The molecule has 0 aromatic carbocycles. The molecule has 1 fully saturated rings. The molecule has 0 saturated carbocycles. The zero-order valence-electron chi connectivity index (χ0n) is 11.0. The molecule has 1 rings (SSSR count). The summed E-state index contributed by atoms with van der Waals surface area (Å²) in [5.74, 6) is -0.188. The largest absolute Gasteiger partial charge is 0.353 e. The van der Waals surface area contributed by atoms with Crippen LogP contribution in [0.2, 0.25) is 0 Å². The standard InChI is InChI=1S/C13H24N2O2/c1-3-4-7-15-8-5-12(6-9-15)14-13(17)10-11(2)16/h12H,3-10H2,1-2H3,(H,14,17). The Kier molecular flexibility index (Phi) is 6.19. The van der Waals surface area contributed by atoms with Crippen molar-refractivity contribution in [3.8, 4) is 0 Å². The predicted octanol–water partition coefficient (Wildman–Crippen LogP) is 1.35. The molecule has 1 aliphatic heterocycles. The Bertz CT molecular complexity index is 258. The van der Waals surface area contributed by atoms with Crippen molar-refractivity contribution < 1.29 is 9.59 Å². The van der Waals surface area contributed by atoms with E-state index >= 15 is 0 Å². The van der Waals surface area contributed by atoms with Gasteiger partial charge in [0.05, 0.1) is 6.42 Å². The molecular weight excluding hydrogens is 216 g/mol. The molecule has 17 heavy (non-hydrogen) atoms. The number of ketones is 1. The highest BCUT2D eigenvalue weighted by atomic mass is 16.2. The van der Waals surface area contributed by atoms with Gasteiger partial charge in [0.25, 0.3) is 0 Å². The lowest BCUT2D eigenvalue weighted by molar-refractivity contribution is -0.127. The third kappa shape index (κ3) is 5.82. The van der Waals surface area contributed by atoms with E-state index in [2.05, 4.69) is 17.1 Å². The average molecular weight is 240 g/mol. The van der Waals surface area contributed by atoms with Crippen molar-refractivity contribution in [2.45, 2.75) is 52.0 Å². The van der Waals surface area contributed by atoms with E-state index in [1.54, 1.807) is 0 Å². The number of rotatable bonds is 6. The van der Waals surface area contributed by atoms with Gasteiger partial charge in [-0.2, -0.15) is 0 Å². The molecule has 1 aliphatic rings. The molecule has 0 radical (unpaired) electrons. The fraction of sp³-hybridized carbons (Fsp3) is 0.846. The lowest BCUT2D eigenvalue weighted by atomic mass is 10.0. The monoisotopic (exact) mass is 240 g/mol. The third-order valence-electron chi connectivity index (χ3n) is 3.19. The van der Waals surface area contributed by atoms with Crippen LogP contribution >= 0.6 is 0 Å². The molecule has 0 atom stereocenters. The molecule has 0 aromatic heterocycles. The number of nitrogens with one attached hydrogen (secondary N) is 1. The van der Waals surface area contributed by atoms with E-state index < -0.39 is 0 Å². The van der Waals surface area contributed by atoms with Crippen LogP contribution in [-0.2, 0) is 9.59 Å². The molecule has 0 aromatic rings. The minimum atomic E-state index is -0.121. The van der Waals surface area contributed by atoms with Gasteiger partial charge in [-0.05, 0) is 32.7 Å². The number of piperidine rings is 1. The number of carbonyl (C=O) groups excluding carboxylic acids is 2. The molecule has 1 amide bonds. The average Bonchev–Trinajstić information content (AvgIpc) is 2.27. The van der Waals surface area contributed by atoms with E-state index in [4.69, 9.17) is 0 Å². The molecule has 98 valence electrons. The van der Waals surface area contributed by atoms with Crippen molar-refractivity contribution in [1.82, 2.24) is 10.2 Å². The number of Topliss-reactive ketones (excluding diaryl/α,β-unsaturated/α-hetero) is 1. The van der Waals surface area contributed by atoms with Crippen LogP contribution in [0.15, 0.2) is 0 Å².